The van der Waals surface area contributed by atoms with Crippen LogP contribution in [0.25, 0.3) is 10.9 Å². The molecule has 4 N–H and O–H groups in total. The predicted octanol–water partition coefficient (Wildman–Crippen LogP) is 2.15. The molecule has 5 heteroatoms. The number of aromatic nitrogens is 1. The molecule has 0 radical (unpaired) electrons. The number of carbonyl (C=O) groups excluding carboxylic acids is 1. The number of fused-ring (bicyclic) bond motifs is 1. The highest BCUT2D eigenvalue weighted by Gasteiger charge is 2.16. The summed E-state index contributed by atoms with van der Waals surface area (Å²) in [5.41, 5.74) is 8.19. The quantitative estimate of drug-likeness (QED) is 0.734. The summed E-state index contributed by atoms with van der Waals surface area (Å²) in [5.74, 6) is 1.43. The van der Waals surface area contributed by atoms with Crippen LogP contribution in [0.1, 0.15) is 12.5 Å². The summed E-state index contributed by atoms with van der Waals surface area (Å²) in [7, 11) is 0. The minimum atomic E-state index is -0.509. The molecule has 0 spiro atoms. The third kappa shape index (κ3) is 4.25. The lowest BCUT2D eigenvalue weighted by molar-refractivity contribution is -0.122. The summed E-state index contributed by atoms with van der Waals surface area (Å²) in [4.78, 5) is 15.3. The van der Waals surface area contributed by atoms with Crippen molar-refractivity contribution in [2.24, 2.45) is 11.7 Å². The molecule has 2 aromatic rings. The lowest BCUT2D eigenvalue weighted by Crippen LogP contribution is -2.43. The molecule has 2 rings (SSSR count). The maximum atomic E-state index is 12.1. The number of amides is 1. The standard InChI is InChI=1S/C16H23N3OS/c1-11(10-21-2)8-19-16(20)14(17)7-12-9-18-15-6-4-3-5-13(12)15/h3-6,9,11,14,18H,7-8,10,17H2,1-2H3,(H,19,20)/t11?,14-/m1/s1. The Balaban J connectivity index is 1.91. The number of hydrogen-bond donors (Lipinski definition) is 3. The number of benzene rings is 1. The highest BCUT2D eigenvalue weighted by atomic mass is 32.2. The van der Waals surface area contributed by atoms with Gasteiger partial charge in [-0.25, -0.2) is 0 Å². The van der Waals surface area contributed by atoms with Crippen molar-refractivity contribution in [1.29, 1.82) is 0 Å². The summed E-state index contributed by atoms with van der Waals surface area (Å²) in [6.45, 7) is 2.81. The van der Waals surface area contributed by atoms with Gasteiger partial charge in [-0.05, 0) is 36.0 Å². The fourth-order valence-electron chi connectivity index (χ4n) is 2.38. The summed E-state index contributed by atoms with van der Waals surface area (Å²) in [5, 5.41) is 4.08. The van der Waals surface area contributed by atoms with Gasteiger partial charge >= 0.3 is 0 Å². The van der Waals surface area contributed by atoms with Gasteiger partial charge < -0.3 is 16.0 Å². The van der Waals surface area contributed by atoms with Crippen molar-refractivity contribution in [2.45, 2.75) is 19.4 Å². The van der Waals surface area contributed by atoms with Crippen LogP contribution in [-0.4, -0.2) is 35.5 Å². The fraction of sp³-hybridized carbons (Fsp3) is 0.438. The van der Waals surface area contributed by atoms with Gasteiger partial charge in [-0.1, -0.05) is 25.1 Å². The summed E-state index contributed by atoms with van der Waals surface area (Å²) < 4.78 is 0. The average Bonchev–Trinajstić information content (AvgIpc) is 2.88. The van der Waals surface area contributed by atoms with E-state index in [1.807, 2.05) is 30.5 Å². The smallest absolute Gasteiger partial charge is 0.237 e. The van der Waals surface area contributed by atoms with E-state index in [4.69, 9.17) is 5.73 Å². The first-order chi connectivity index (χ1) is 10.1. The zero-order valence-electron chi connectivity index (χ0n) is 12.6. The number of nitrogens with one attached hydrogen (secondary N) is 2. The van der Waals surface area contributed by atoms with E-state index in [-0.39, 0.29) is 5.91 Å². The Morgan fingerprint density at radius 2 is 2.19 bits per heavy atom. The maximum absolute atomic E-state index is 12.1. The molecule has 0 aliphatic rings. The summed E-state index contributed by atoms with van der Waals surface area (Å²) in [6, 6.07) is 7.55. The van der Waals surface area contributed by atoms with Gasteiger partial charge in [-0.2, -0.15) is 11.8 Å². The van der Waals surface area contributed by atoms with Crippen molar-refractivity contribution < 1.29 is 4.79 Å². The third-order valence-corrected chi connectivity index (χ3v) is 4.43. The number of thioether (sulfide) groups is 1. The largest absolute Gasteiger partial charge is 0.361 e. The normalized spacial score (nSPS) is 14.0. The number of carbonyl (C=O) groups is 1. The zero-order chi connectivity index (χ0) is 15.2. The van der Waals surface area contributed by atoms with Gasteiger partial charge in [0, 0.05) is 23.6 Å². The molecule has 114 valence electrons. The van der Waals surface area contributed by atoms with E-state index >= 15 is 0 Å². The van der Waals surface area contributed by atoms with Gasteiger partial charge in [0.2, 0.25) is 5.91 Å². The first-order valence-electron chi connectivity index (χ1n) is 7.19. The average molecular weight is 305 g/mol. The molecule has 0 aliphatic carbocycles. The van der Waals surface area contributed by atoms with Crippen molar-refractivity contribution >= 4 is 28.6 Å². The molecule has 4 nitrogen and oxygen atoms in total. The fourth-order valence-corrected chi connectivity index (χ4v) is 3.07. The first kappa shape index (κ1) is 15.9. The van der Waals surface area contributed by atoms with Crippen LogP contribution in [0.15, 0.2) is 30.5 Å². The second-order valence-corrected chi connectivity index (χ2v) is 6.39. The van der Waals surface area contributed by atoms with Gasteiger partial charge in [0.25, 0.3) is 0 Å². The molecule has 0 saturated carbocycles. The van der Waals surface area contributed by atoms with Crippen LogP contribution in [0.5, 0.6) is 0 Å². The van der Waals surface area contributed by atoms with Crippen LogP contribution in [0, 0.1) is 5.92 Å². The van der Waals surface area contributed by atoms with E-state index in [1.165, 1.54) is 0 Å². The van der Waals surface area contributed by atoms with E-state index in [0.29, 0.717) is 18.9 Å². The third-order valence-electron chi connectivity index (χ3n) is 3.53. The predicted molar refractivity (Wildman–Crippen MR) is 90.5 cm³/mol. The second-order valence-electron chi connectivity index (χ2n) is 5.48. The number of aromatic amines is 1. The maximum Gasteiger partial charge on any atom is 0.237 e. The number of hydrogen-bond acceptors (Lipinski definition) is 3. The second kappa shape index (κ2) is 7.52. The lowest BCUT2D eigenvalue weighted by atomic mass is 10.0. The van der Waals surface area contributed by atoms with Crippen LogP contribution >= 0.6 is 11.8 Å². The zero-order valence-corrected chi connectivity index (χ0v) is 13.4. The molecular weight excluding hydrogens is 282 g/mol. The van der Waals surface area contributed by atoms with Crippen molar-refractivity contribution in [1.82, 2.24) is 10.3 Å². The van der Waals surface area contributed by atoms with Crippen LogP contribution in [0.4, 0.5) is 0 Å². The molecule has 21 heavy (non-hydrogen) atoms. The van der Waals surface area contributed by atoms with Crippen molar-refractivity contribution in [3.63, 3.8) is 0 Å². The molecule has 0 fully saturated rings. The Labute approximate surface area is 129 Å². The molecule has 1 aromatic heterocycles. The van der Waals surface area contributed by atoms with E-state index in [9.17, 15) is 4.79 Å². The molecule has 1 aromatic carbocycles. The summed E-state index contributed by atoms with van der Waals surface area (Å²) >= 11 is 1.79. The molecule has 0 aliphatic heterocycles. The molecule has 1 heterocycles. The van der Waals surface area contributed by atoms with Crippen molar-refractivity contribution in [2.75, 3.05) is 18.6 Å². The highest BCUT2D eigenvalue weighted by Crippen LogP contribution is 2.18. The minimum Gasteiger partial charge on any atom is -0.361 e. The molecular formula is C16H23N3OS. The monoisotopic (exact) mass is 305 g/mol. The highest BCUT2D eigenvalue weighted by molar-refractivity contribution is 7.98. The SMILES string of the molecule is CSCC(C)CNC(=O)[C@H](N)Cc1c[nH]c2ccccc12. The van der Waals surface area contributed by atoms with E-state index in [2.05, 4.69) is 23.5 Å². The van der Waals surface area contributed by atoms with Gasteiger partial charge in [0.1, 0.15) is 0 Å². The van der Waals surface area contributed by atoms with E-state index in [0.717, 1.165) is 22.2 Å². The van der Waals surface area contributed by atoms with Gasteiger partial charge in [0.15, 0.2) is 0 Å². The van der Waals surface area contributed by atoms with Crippen LogP contribution in [0.3, 0.4) is 0 Å². The Morgan fingerprint density at radius 1 is 1.43 bits per heavy atom. The van der Waals surface area contributed by atoms with Gasteiger partial charge in [-0.15, -0.1) is 0 Å². The molecule has 0 saturated heterocycles. The summed E-state index contributed by atoms with van der Waals surface area (Å²) in [6.07, 6.45) is 4.56. The van der Waals surface area contributed by atoms with Crippen LogP contribution < -0.4 is 11.1 Å². The van der Waals surface area contributed by atoms with Gasteiger partial charge in [0.05, 0.1) is 6.04 Å². The number of nitrogens with two attached hydrogens (primary N) is 1. The Morgan fingerprint density at radius 3 is 2.95 bits per heavy atom. The molecule has 2 atom stereocenters. The molecule has 1 unspecified atom stereocenters. The Bertz CT molecular complexity index is 596. The molecule has 0 bridgehead atoms. The molecule has 1 amide bonds. The van der Waals surface area contributed by atoms with Gasteiger partial charge in [-0.3, -0.25) is 4.79 Å². The van der Waals surface area contributed by atoms with Crippen molar-refractivity contribution in [3.05, 3.63) is 36.0 Å². The van der Waals surface area contributed by atoms with E-state index in [1.54, 1.807) is 11.8 Å². The van der Waals surface area contributed by atoms with Crippen LogP contribution in [0.2, 0.25) is 0 Å². The lowest BCUT2D eigenvalue weighted by Gasteiger charge is -2.15. The number of rotatable bonds is 7. The van der Waals surface area contributed by atoms with E-state index < -0.39 is 6.04 Å². The number of H-pyrrole nitrogens is 1. The minimum absolute atomic E-state index is 0.0757. The Hall–Kier alpha value is -1.46. The van der Waals surface area contributed by atoms with Crippen molar-refractivity contribution in [3.8, 4) is 0 Å². The van der Waals surface area contributed by atoms with Crippen LogP contribution in [-0.2, 0) is 11.2 Å². The first-order valence-corrected chi connectivity index (χ1v) is 8.58. The topological polar surface area (TPSA) is 70.9 Å². The Kier molecular flexibility index (Phi) is 5.70. The number of para-hydroxylation sites is 1.